The van der Waals surface area contributed by atoms with E-state index < -0.39 is 21.5 Å². The molecule has 1 aromatic heterocycles. The molecular formula is C15H18N4O3S. The van der Waals surface area contributed by atoms with Crippen LogP contribution >= 0.6 is 0 Å². The zero-order valence-electron chi connectivity index (χ0n) is 13.1. The van der Waals surface area contributed by atoms with Crippen LogP contribution in [-0.2, 0) is 10.0 Å². The molecule has 0 saturated heterocycles. The molecule has 0 bridgehead atoms. The fourth-order valence-electron chi connectivity index (χ4n) is 1.81. The molecule has 2 rings (SSSR count). The monoisotopic (exact) mass is 334 g/mol. The van der Waals surface area contributed by atoms with Crippen LogP contribution in [0.3, 0.4) is 0 Å². The summed E-state index contributed by atoms with van der Waals surface area (Å²) in [6.45, 7) is 5.26. The molecule has 0 spiro atoms. The molecule has 122 valence electrons. The second-order valence-electron chi connectivity index (χ2n) is 5.93. The molecule has 2 N–H and O–H groups in total. The second-order valence-corrected chi connectivity index (χ2v) is 7.61. The average molecular weight is 334 g/mol. The molecule has 8 heteroatoms. The van der Waals surface area contributed by atoms with Crippen molar-refractivity contribution in [3.8, 4) is 0 Å². The molecule has 1 heterocycles. The number of carbonyl (C=O) groups excluding carboxylic acids is 1. The van der Waals surface area contributed by atoms with E-state index in [1.165, 1.54) is 30.7 Å². The SMILES string of the molecule is CC(C)(C)NS(=O)(=O)c1cccc(NC(=O)c2cnccn2)c1. The van der Waals surface area contributed by atoms with Gasteiger partial charge in [0.25, 0.3) is 5.91 Å². The number of sulfonamides is 1. The van der Waals surface area contributed by atoms with Crippen LogP contribution in [0.4, 0.5) is 5.69 Å². The molecule has 0 unspecified atom stereocenters. The molecule has 0 aliphatic carbocycles. The van der Waals surface area contributed by atoms with Gasteiger partial charge in [-0.15, -0.1) is 0 Å². The first kappa shape index (κ1) is 17.0. The van der Waals surface area contributed by atoms with Crippen molar-refractivity contribution in [2.45, 2.75) is 31.2 Å². The van der Waals surface area contributed by atoms with Crippen LogP contribution in [0.1, 0.15) is 31.3 Å². The molecule has 2 aromatic rings. The maximum atomic E-state index is 12.3. The summed E-state index contributed by atoms with van der Waals surface area (Å²) in [5, 5.41) is 2.60. The molecule has 7 nitrogen and oxygen atoms in total. The highest BCUT2D eigenvalue weighted by Gasteiger charge is 2.22. The van der Waals surface area contributed by atoms with E-state index in [1.807, 2.05) is 0 Å². The fourth-order valence-corrected chi connectivity index (χ4v) is 3.28. The molecule has 0 aliphatic rings. The normalized spacial score (nSPS) is 12.0. The molecule has 0 radical (unpaired) electrons. The summed E-state index contributed by atoms with van der Waals surface area (Å²) >= 11 is 0. The Balaban J connectivity index is 2.22. The Hall–Kier alpha value is -2.32. The minimum absolute atomic E-state index is 0.0735. The molecule has 0 atom stereocenters. The third-order valence-corrected chi connectivity index (χ3v) is 4.39. The summed E-state index contributed by atoms with van der Waals surface area (Å²) in [6, 6.07) is 6.02. The van der Waals surface area contributed by atoms with Crippen molar-refractivity contribution in [2.24, 2.45) is 0 Å². The van der Waals surface area contributed by atoms with Crippen LogP contribution in [0.25, 0.3) is 0 Å². The Labute approximate surface area is 135 Å². The van der Waals surface area contributed by atoms with Gasteiger partial charge in [-0.3, -0.25) is 9.78 Å². The van der Waals surface area contributed by atoms with Gasteiger partial charge in [0, 0.05) is 23.6 Å². The van der Waals surface area contributed by atoms with Gasteiger partial charge in [0.15, 0.2) is 0 Å². The number of aromatic nitrogens is 2. The standard InChI is InChI=1S/C15H18N4O3S/c1-15(2,3)19-23(21,22)12-6-4-5-11(9-12)18-14(20)13-10-16-7-8-17-13/h4-10,19H,1-3H3,(H,18,20). The Kier molecular flexibility index (Phi) is 4.76. The van der Waals surface area contributed by atoms with Crippen molar-refractivity contribution in [2.75, 3.05) is 5.32 Å². The van der Waals surface area contributed by atoms with E-state index >= 15 is 0 Å². The molecule has 1 aromatic carbocycles. The van der Waals surface area contributed by atoms with Gasteiger partial charge in [0.2, 0.25) is 10.0 Å². The van der Waals surface area contributed by atoms with Crippen LogP contribution in [0.5, 0.6) is 0 Å². The predicted molar refractivity (Wildman–Crippen MR) is 86.5 cm³/mol. The van der Waals surface area contributed by atoms with E-state index in [0.717, 1.165) is 0 Å². The van der Waals surface area contributed by atoms with Crippen LogP contribution in [0.15, 0.2) is 47.8 Å². The van der Waals surface area contributed by atoms with E-state index in [-0.39, 0.29) is 10.6 Å². The van der Waals surface area contributed by atoms with E-state index in [4.69, 9.17) is 0 Å². The van der Waals surface area contributed by atoms with Crippen molar-refractivity contribution >= 4 is 21.6 Å². The second kappa shape index (κ2) is 6.43. The number of amides is 1. The minimum atomic E-state index is -3.67. The van der Waals surface area contributed by atoms with Crippen LogP contribution in [-0.4, -0.2) is 29.8 Å². The van der Waals surface area contributed by atoms with E-state index in [9.17, 15) is 13.2 Å². The summed E-state index contributed by atoms with van der Waals surface area (Å²) in [5.74, 6) is -0.462. The molecule has 0 aliphatic heterocycles. The molecule has 1 amide bonds. The van der Waals surface area contributed by atoms with E-state index in [2.05, 4.69) is 20.0 Å². The first-order chi connectivity index (χ1) is 10.7. The van der Waals surface area contributed by atoms with Gasteiger partial charge >= 0.3 is 0 Å². The summed E-state index contributed by atoms with van der Waals surface area (Å²) < 4.78 is 27.2. The molecule has 0 saturated carbocycles. The van der Waals surface area contributed by atoms with Crippen LogP contribution < -0.4 is 10.0 Å². The Morgan fingerprint density at radius 1 is 1.17 bits per heavy atom. The lowest BCUT2D eigenvalue weighted by Crippen LogP contribution is -2.40. The number of rotatable bonds is 4. The number of nitrogens with one attached hydrogen (secondary N) is 2. The Morgan fingerprint density at radius 2 is 1.91 bits per heavy atom. The maximum absolute atomic E-state index is 12.3. The summed E-state index contributed by atoms with van der Waals surface area (Å²) in [5.41, 5.74) is -0.0939. The number of hydrogen-bond acceptors (Lipinski definition) is 5. The quantitative estimate of drug-likeness (QED) is 0.888. The highest BCUT2D eigenvalue weighted by atomic mass is 32.2. The Bertz CT molecular complexity index is 799. The lowest BCUT2D eigenvalue weighted by Gasteiger charge is -2.20. The third kappa shape index (κ3) is 4.83. The highest BCUT2D eigenvalue weighted by molar-refractivity contribution is 7.89. The average Bonchev–Trinajstić information content (AvgIpc) is 2.46. The number of carbonyl (C=O) groups is 1. The maximum Gasteiger partial charge on any atom is 0.275 e. The minimum Gasteiger partial charge on any atom is -0.321 e. The van der Waals surface area contributed by atoms with Gasteiger partial charge in [0.1, 0.15) is 5.69 Å². The lowest BCUT2D eigenvalue weighted by molar-refractivity contribution is 0.102. The number of benzene rings is 1. The highest BCUT2D eigenvalue weighted by Crippen LogP contribution is 2.18. The van der Waals surface area contributed by atoms with Crippen molar-refractivity contribution in [3.63, 3.8) is 0 Å². The first-order valence-corrected chi connectivity index (χ1v) is 8.37. The van der Waals surface area contributed by atoms with Gasteiger partial charge in [-0.2, -0.15) is 0 Å². The van der Waals surface area contributed by atoms with Crippen LogP contribution in [0.2, 0.25) is 0 Å². The number of nitrogens with zero attached hydrogens (tertiary/aromatic N) is 2. The smallest absolute Gasteiger partial charge is 0.275 e. The van der Waals surface area contributed by atoms with E-state index in [1.54, 1.807) is 32.9 Å². The molecule has 0 fully saturated rings. The van der Waals surface area contributed by atoms with Crippen molar-refractivity contribution in [1.82, 2.24) is 14.7 Å². The first-order valence-electron chi connectivity index (χ1n) is 6.89. The molecular weight excluding hydrogens is 316 g/mol. The van der Waals surface area contributed by atoms with Crippen molar-refractivity contribution < 1.29 is 13.2 Å². The summed E-state index contributed by atoms with van der Waals surface area (Å²) in [6.07, 6.45) is 4.20. The van der Waals surface area contributed by atoms with Gasteiger partial charge in [-0.05, 0) is 39.0 Å². The number of anilines is 1. The fraction of sp³-hybridized carbons (Fsp3) is 0.267. The summed E-state index contributed by atoms with van der Waals surface area (Å²) in [7, 11) is -3.67. The van der Waals surface area contributed by atoms with Gasteiger partial charge in [0.05, 0.1) is 11.1 Å². The van der Waals surface area contributed by atoms with Gasteiger partial charge in [-0.25, -0.2) is 18.1 Å². The topological polar surface area (TPSA) is 101 Å². The zero-order chi connectivity index (χ0) is 17.1. The van der Waals surface area contributed by atoms with Gasteiger partial charge in [-0.1, -0.05) is 6.07 Å². The van der Waals surface area contributed by atoms with E-state index in [0.29, 0.717) is 5.69 Å². The number of hydrogen-bond donors (Lipinski definition) is 2. The zero-order valence-corrected chi connectivity index (χ0v) is 13.9. The lowest BCUT2D eigenvalue weighted by atomic mass is 10.1. The predicted octanol–water partition coefficient (Wildman–Crippen LogP) is 1.81. The molecule has 23 heavy (non-hydrogen) atoms. The van der Waals surface area contributed by atoms with Crippen molar-refractivity contribution in [3.05, 3.63) is 48.5 Å². The summed E-state index contributed by atoms with van der Waals surface area (Å²) in [4.78, 5) is 19.8. The largest absolute Gasteiger partial charge is 0.321 e. The third-order valence-electron chi connectivity index (χ3n) is 2.64. The Morgan fingerprint density at radius 3 is 2.52 bits per heavy atom. The van der Waals surface area contributed by atoms with Gasteiger partial charge < -0.3 is 5.32 Å². The van der Waals surface area contributed by atoms with Crippen LogP contribution in [0, 0.1) is 0 Å². The van der Waals surface area contributed by atoms with Crippen molar-refractivity contribution in [1.29, 1.82) is 0 Å².